The molecule has 7 nitrogen and oxygen atoms in total. The zero-order valence-corrected chi connectivity index (χ0v) is 12.9. The van der Waals surface area contributed by atoms with E-state index in [0.29, 0.717) is 5.56 Å². The number of rotatable bonds is 5. The lowest BCUT2D eigenvalue weighted by molar-refractivity contribution is -0.195. The number of benzene rings is 1. The molecule has 3 atom stereocenters. The summed E-state index contributed by atoms with van der Waals surface area (Å²) in [6, 6.07) is 8.54. The van der Waals surface area contributed by atoms with Crippen molar-refractivity contribution in [2.75, 3.05) is 6.61 Å². The van der Waals surface area contributed by atoms with Gasteiger partial charge in [-0.1, -0.05) is 18.2 Å². The molecule has 0 bridgehead atoms. The predicted molar refractivity (Wildman–Crippen MR) is 77.3 cm³/mol. The third kappa shape index (κ3) is 5.07. The molecular weight excluding hydrogens is 304 g/mol. The van der Waals surface area contributed by atoms with Gasteiger partial charge in [-0.2, -0.15) is 0 Å². The molecule has 0 saturated carbocycles. The first-order chi connectivity index (χ1) is 11.0. The standard InChI is InChI=1S/C16H18O7/c1-10(17)21-14-8-13(23-16(14)22-11(2)18)9-20-15(19)12-6-4-3-5-7-12/h3-7,13-14,16H,8-9H2,1-2H3/t13-,14+,16-/m0/s1. The van der Waals surface area contributed by atoms with Crippen molar-refractivity contribution in [2.45, 2.75) is 38.8 Å². The molecule has 7 heteroatoms. The zero-order chi connectivity index (χ0) is 16.8. The summed E-state index contributed by atoms with van der Waals surface area (Å²) in [5, 5.41) is 0. The van der Waals surface area contributed by atoms with Crippen molar-refractivity contribution in [3.8, 4) is 0 Å². The summed E-state index contributed by atoms with van der Waals surface area (Å²) in [5.41, 5.74) is 0.429. The Labute approximate surface area is 133 Å². The highest BCUT2D eigenvalue weighted by molar-refractivity contribution is 5.89. The van der Waals surface area contributed by atoms with Gasteiger partial charge in [-0.05, 0) is 12.1 Å². The molecule has 0 N–H and O–H groups in total. The van der Waals surface area contributed by atoms with E-state index in [1.165, 1.54) is 13.8 Å². The average molecular weight is 322 g/mol. The van der Waals surface area contributed by atoms with Crippen molar-refractivity contribution in [3.05, 3.63) is 35.9 Å². The molecule has 0 amide bonds. The molecule has 0 aliphatic carbocycles. The molecule has 23 heavy (non-hydrogen) atoms. The fourth-order valence-electron chi connectivity index (χ4n) is 2.22. The number of hydrogen-bond acceptors (Lipinski definition) is 7. The minimum absolute atomic E-state index is 0.0245. The van der Waals surface area contributed by atoms with Crippen molar-refractivity contribution in [1.82, 2.24) is 0 Å². The van der Waals surface area contributed by atoms with Crippen molar-refractivity contribution in [2.24, 2.45) is 0 Å². The fourth-order valence-corrected chi connectivity index (χ4v) is 2.22. The SMILES string of the molecule is CC(=O)O[C@H]1O[C@H](COC(=O)c2ccccc2)C[C@H]1OC(C)=O. The molecular formula is C16H18O7. The van der Waals surface area contributed by atoms with E-state index in [1.54, 1.807) is 30.3 Å². The van der Waals surface area contributed by atoms with Gasteiger partial charge in [0.1, 0.15) is 6.61 Å². The number of carbonyl (C=O) groups is 3. The summed E-state index contributed by atoms with van der Waals surface area (Å²) >= 11 is 0. The Bertz CT molecular complexity index is 545. The van der Waals surface area contributed by atoms with Crippen LogP contribution < -0.4 is 0 Å². The summed E-state index contributed by atoms with van der Waals surface area (Å²) in [7, 11) is 0. The van der Waals surface area contributed by atoms with E-state index in [-0.39, 0.29) is 13.0 Å². The second-order valence-electron chi connectivity index (χ2n) is 5.08. The van der Waals surface area contributed by atoms with Gasteiger partial charge >= 0.3 is 17.9 Å². The van der Waals surface area contributed by atoms with E-state index >= 15 is 0 Å². The molecule has 0 spiro atoms. The fraction of sp³-hybridized carbons (Fsp3) is 0.438. The van der Waals surface area contributed by atoms with Gasteiger partial charge in [0.2, 0.25) is 6.29 Å². The van der Waals surface area contributed by atoms with E-state index in [1.807, 2.05) is 0 Å². The van der Waals surface area contributed by atoms with Crippen LogP contribution in [-0.4, -0.2) is 43.0 Å². The smallest absolute Gasteiger partial charge is 0.338 e. The van der Waals surface area contributed by atoms with Crippen LogP contribution in [0.4, 0.5) is 0 Å². The Morgan fingerprint density at radius 3 is 2.35 bits per heavy atom. The maximum Gasteiger partial charge on any atom is 0.338 e. The Kier molecular flexibility index (Phi) is 5.70. The third-order valence-corrected chi connectivity index (χ3v) is 3.13. The number of carbonyl (C=O) groups excluding carboxylic acids is 3. The van der Waals surface area contributed by atoms with E-state index in [4.69, 9.17) is 18.9 Å². The summed E-state index contributed by atoms with van der Waals surface area (Å²) in [6.45, 7) is 2.47. The van der Waals surface area contributed by atoms with Crippen LogP contribution in [0.3, 0.4) is 0 Å². The molecule has 1 aliphatic heterocycles. The van der Waals surface area contributed by atoms with Crippen LogP contribution in [0, 0.1) is 0 Å². The first-order valence-electron chi connectivity index (χ1n) is 7.17. The molecule has 1 aliphatic rings. The maximum absolute atomic E-state index is 11.9. The number of hydrogen-bond donors (Lipinski definition) is 0. The van der Waals surface area contributed by atoms with Gasteiger partial charge in [0, 0.05) is 20.3 Å². The van der Waals surface area contributed by atoms with Crippen LogP contribution in [0.2, 0.25) is 0 Å². The number of ether oxygens (including phenoxy) is 4. The Morgan fingerprint density at radius 1 is 1.09 bits per heavy atom. The van der Waals surface area contributed by atoms with Crippen LogP contribution in [0.25, 0.3) is 0 Å². The van der Waals surface area contributed by atoms with Gasteiger partial charge in [0.05, 0.1) is 11.7 Å². The minimum Gasteiger partial charge on any atom is -0.459 e. The van der Waals surface area contributed by atoms with Crippen LogP contribution in [0.1, 0.15) is 30.6 Å². The van der Waals surface area contributed by atoms with Gasteiger partial charge in [-0.15, -0.1) is 0 Å². The topological polar surface area (TPSA) is 88.1 Å². The second kappa shape index (κ2) is 7.73. The van der Waals surface area contributed by atoms with Crippen molar-refractivity contribution >= 4 is 17.9 Å². The van der Waals surface area contributed by atoms with Gasteiger partial charge in [-0.3, -0.25) is 9.59 Å². The first kappa shape index (κ1) is 17.0. The molecule has 0 unspecified atom stereocenters. The summed E-state index contributed by atoms with van der Waals surface area (Å²) in [6.07, 6.45) is -1.94. The normalized spacial score (nSPS) is 23.1. The quantitative estimate of drug-likeness (QED) is 0.599. The zero-order valence-electron chi connectivity index (χ0n) is 12.9. The van der Waals surface area contributed by atoms with Crippen LogP contribution >= 0.6 is 0 Å². The van der Waals surface area contributed by atoms with E-state index in [9.17, 15) is 14.4 Å². The summed E-state index contributed by atoms with van der Waals surface area (Å²) in [5.74, 6) is -1.53. The highest BCUT2D eigenvalue weighted by atomic mass is 16.7. The van der Waals surface area contributed by atoms with Crippen molar-refractivity contribution in [3.63, 3.8) is 0 Å². The van der Waals surface area contributed by atoms with E-state index < -0.39 is 36.4 Å². The number of esters is 3. The van der Waals surface area contributed by atoms with Crippen molar-refractivity contribution < 1.29 is 33.3 Å². The first-order valence-corrected chi connectivity index (χ1v) is 7.17. The Morgan fingerprint density at radius 2 is 1.74 bits per heavy atom. The van der Waals surface area contributed by atoms with Crippen LogP contribution in [-0.2, 0) is 28.5 Å². The van der Waals surface area contributed by atoms with Crippen LogP contribution in [0.5, 0.6) is 0 Å². The highest BCUT2D eigenvalue weighted by Crippen LogP contribution is 2.25. The lowest BCUT2D eigenvalue weighted by Gasteiger charge is -2.17. The summed E-state index contributed by atoms with van der Waals surface area (Å²) < 4.78 is 20.7. The summed E-state index contributed by atoms with van der Waals surface area (Å²) in [4.78, 5) is 34.0. The Balaban J connectivity index is 1.89. The van der Waals surface area contributed by atoms with Crippen LogP contribution in [0.15, 0.2) is 30.3 Å². The monoisotopic (exact) mass is 322 g/mol. The molecule has 2 rings (SSSR count). The van der Waals surface area contributed by atoms with Crippen molar-refractivity contribution in [1.29, 1.82) is 0 Å². The van der Waals surface area contributed by atoms with E-state index in [2.05, 4.69) is 0 Å². The molecule has 0 radical (unpaired) electrons. The second-order valence-corrected chi connectivity index (χ2v) is 5.08. The average Bonchev–Trinajstić information content (AvgIpc) is 2.86. The largest absolute Gasteiger partial charge is 0.459 e. The molecule has 1 heterocycles. The van der Waals surface area contributed by atoms with Gasteiger partial charge in [-0.25, -0.2) is 4.79 Å². The molecule has 1 saturated heterocycles. The third-order valence-electron chi connectivity index (χ3n) is 3.13. The van der Waals surface area contributed by atoms with Gasteiger partial charge < -0.3 is 18.9 Å². The highest BCUT2D eigenvalue weighted by Gasteiger charge is 2.40. The lowest BCUT2D eigenvalue weighted by Crippen LogP contribution is -2.30. The minimum atomic E-state index is -0.989. The van der Waals surface area contributed by atoms with E-state index in [0.717, 1.165) is 0 Å². The molecule has 0 aromatic heterocycles. The maximum atomic E-state index is 11.9. The van der Waals surface area contributed by atoms with Gasteiger partial charge in [0.15, 0.2) is 6.10 Å². The molecule has 1 aromatic rings. The van der Waals surface area contributed by atoms with Gasteiger partial charge in [0.25, 0.3) is 0 Å². The predicted octanol–water partition coefficient (Wildman–Crippen LogP) is 1.45. The Hall–Kier alpha value is -2.41. The molecule has 1 fully saturated rings. The molecule has 124 valence electrons. The molecule has 1 aromatic carbocycles. The lowest BCUT2D eigenvalue weighted by atomic mass is 10.2.